The summed E-state index contributed by atoms with van der Waals surface area (Å²) in [4.78, 5) is 57.6. The van der Waals surface area contributed by atoms with Crippen LogP contribution in [-0.4, -0.2) is 73.6 Å². The number of hydrogen-bond acceptors (Lipinski definition) is 11. The normalized spacial score (nSPS) is 26.5. The van der Waals surface area contributed by atoms with Gasteiger partial charge < -0.3 is 34.7 Å². The Bertz CT molecular complexity index is 623. The average molecular weight is 404 g/mol. The summed E-state index contributed by atoms with van der Waals surface area (Å²) in [7, 11) is 0. The van der Waals surface area contributed by atoms with Crippen LogP contribution < -0.4 is 11.1 Å². The topological polar surface area (TPSA) is 170 Å². The number of ether oxygens (including phenoxy) is 5. The van der Waals surface area contributed by atoms with Crippen molar-refractivity contribution in [1.82, 2.24) is 5.32 Å². The predicted molar refractivity (Wildman–Crippen MR) is 89.2 cm³/mol. The molecule has 0 aromatic heterocycles. The Morgan fingerprint density at radius 3 is 1.79 bits per heavy atom. The number of rotatable bonds is 7. The van der Waals surface area contributed by atoms with Gasteiger partial charge in [-0.3, -0.25) is 24.0 Å². The molecule has 0 bridgehead atoms. The van der Waals surface area contributed by atoms with Gasteiger partial charge in [-0.2, -0.15) is 0 Å². The minimum Gasteiger partial charge on any atom is -0.463 e. The third-order valence-electron chi connectivity index (χ3n) is 3.48. The second kappa shape index (κ2) is 10.6. The van der Waals surface area contributed by atoms with Gasteiger partial charge in [0.2, 0.25) is 5.91 Å². The van der Waals surface area contributed by atoms with Crippen LogP contribution in [0.5, 0.6) is 0 Å². The molecule has 0 radical (unpaired) electrons. The lowest BCUT2D eigenvalue weighted by Gasteiger charge is -2.44. The Labute approximate surface area is 160 Å². The summed E-state index contributed by atoms with van der Waals surface area (Å²) < 4.78 is 26.1. The molecule has 3 N–H and O–H groups in total. The van der Waals surface area contributed by atoms with Crippen molar-refractivity contribution in [3.63, 3.8) is 0 Å². The molecule has 158 valence electrons. The summed E-state index contributed by atoms with van der Waals surface area (Å²) in [6.07, 6.45) is -6.42. The van der Waals surface area contributed by atoms with Gasteiger partial charge >= 0.3 is 23.9 Å². The van der Waals surface area contributed by atoms with E-state index in [1.165, 1.54) is 0 Å². The van der Waals surface area contributed by atoms with Crippen LogP contribution in [0.3, 0.4) is 0 Å². The van der Waals surface area contributed by atoms with Gasteiger partial charge in [0.25, 0.3) is 0 Å². The lowest BCUT2D eigenvalue weighted by atomic mass is 9.97. The van der Waals surface area contributed by atoms with Gasteiger partial charge in [-0.05, 0) is 0 Å². The smallest absolute Gasteiger partial charge is 0.303 e. The number of carbonyl (C=O) groups is 5. The number of esters is 4. The molecule has 0 aromatic carbocycles. The Balaban J connectivity index is 3.30. The summed E-state index contributed by atoms with van der Waals surface area (Å²) >= 11 is 0. The molecule has 1 rings (SSSR count). The third kappa shape index (κ3) is 7.12. The minimum atomic E-state index is -1.35. The standard InChI is InChI=1S/C16H24N2O10/c1-7(19)24-6-11-13(25-8(2)20)14(26-9(3)21)15(27-10(4)22)16(28-11)18-12(23)5-17/h11,13-16H,5-6,17H2,1-4H3,(H,18,23)/t11-,13-,14+,15-,16-/m1/s1. The van der Waals surface area contributed by atoms with Crippen LogP contribution in [0.1, 0.15) is 27.7 Å². The molecule has 0 saturated carbocycles. The van der Waals surface area contributed by atoms with Crippen molar-refractivity contribution in [2.75, 3.05) is 13.2 Å². The zero-order chi connectivity index (χ0) is 21.4. The zero-order valence-electron chi connectivity index (χ0n) is 16.0. The van der Waals surface area contributed by atoms with Crippen molar-refractivity contribution in [3.05, 3.63) is 0 Å². The van der Waals surface area contributed by atoms with E-state index < -0.39 is 67.0 Å². The van der Waals surface area contributed by atoms with Crippen molar-refractivity contribution in [1.29, 1.82) is 0 Å². The SMILES string of the molecule is CC(=O)OC[C@H]1O[C@@H](NC(=O)CN)[C@H](OC(C)=O)[C@@H](OC(C)=O)[C@@H]1OC(C)=O. The van der Waals surface area contributed by atoms with Gasteiger partial charge in [-0.15, -0.1) is 0 Å². The van der Waals surface area contributed by atoms with Gasteiger partial charge in [0, 0.05) is 27.7 Å². The zero-order valence-corrected chi connectivity index (χ0v) is 16.0. The number of nitrogens with one attached hydrogen (secondary N) is 1. The van der Waals surface area contributed by atoms with Gasteiger partial charge in [0.05, 0.1) is 6.54 Å². The molecular weight excluding hydrogens is 380 g/mol. The van der Waals surface area contributed by atoms with E-state index in [-0.39, 0.29) is 6.61 Å². The maximum absolute atomic E-state index is 11.7. The fourth-order valence-electron chi connectivity index (χ4n) is 2.56. The van der Waals surface area contributed by atoms with E-state index in [4.69, 9.17) is 29.4 Å². The third-order valence-corrected chi connectivity index (χ3v) is 3.48. The van der Waals surface area contributed by atoms with Crippen molar-refractivity contribution < 1.29 is 47.7 Å². The summed E-state index contributed by atoms with van der Waals surface area (Å²) in [5.41, 5.74) is 5.28. The van der Waals surface area contributed by atoms with Crippen molar-refractivity contribution >= 4 is 29.8 Å². The maximum Gasteiger partial charge on any atom is 0.303 e. The van der Waals surface area contributed by atoms with Crippen LogP contribution in [-0.2, 0) is 47.7 Å². The minimum absolute atomic E-state index is 0.382. The molecule has 12 nitrogen and oxygen atoms in total. The predicted octanol–water partition coefficient (Wildman–Crippen LogP) is -1.86. The Kier molecular flexibility index (Phi) is 8.79. The van der Waals surface area contributed by atoms with E-state index in [1.54, 1.807) is 0 Å². The van der Waals surface area contributed by atoms with E-state index in [1.807, 2.05) is 0 Å². The number of nitrogens with two attached hydrogens (primary N) is 1. The highest BCUT2D eigenvalue weighted by Gasteiger charge is 2.52. The average Bonchev–Trinajstić information content (AvgIpc) is 2.57. The van der Waals surface area contributed by atoms with Crippen molar-refractivity contribution in [2.24, 2.45) is 5.73 Å². The Hall–Kier alpha value is -2.73. The molecule has 1 fully saturated rings. The van der Waals surface area contributed by atoms with Gasteiger partial charge in [0.1, 0.15) is 12.7 Å². The first-order valence-electron chi connectivity index (χ1n) is 8.35. The van der Waals surface area contributed by atoms with Crippen LogP contribution in [0.15, 0.2) is 0 Å². The molecule has 1 aliphatic heterocycles. The lowest BCUT2D eigenvalue weighted by molar-refractivity contribution is -0.256. The molecule has 1 aliphatic rings. The van der Waals surface area contributed by atoms with Gasteiger partial charge in [0.15, 0.2) is 24.5 Å². The lowest BCUT2D eigenvalue weighted by Crippen LogP contribution is -2.66. The first kappa shape index (κ1) is 23.3. The highest BCUT2D eigenvalue weighted by atomic mass is 16.7. The van der Waals surface area contributed by atoms with Crippen LogP contribution in [0.25, 0.3) is 0 Å². The number of carbonyl (C=O) groups excluding carboxylic acids is 5. The molecular formula is C16H24N2O10. The molecule has 28 heavy (non-hydrogen) atoms. The van der Waals surface area contributed by atoms with Gasteiger partial charge in [-0.1, -0.05) is 0 Å². The summed E-state index contributed by atoms with van der Waals surface area (Å²) in [6, 6.07) is 0. The molecule has 1 heterocycles. The Morgan fingerprint density at radius 1 is 0.821 bits per heavy atom. The van der Waals surface area contributed by atoms with E-state index in [2.05, 4.69) is 5.32 Å². The molecule has 0 aromatic rings. The molecule has 0 spiro atoms. The molecule has 0 unspecified atom stereocenters. The number of amides is 1. The van der Waals surface area contributed by atoms with Crippen LogP contribution in [0.2, 0.25) is 0 Å². The first-order valence-corrected chi connectivity index (χ1v) is 8.35. The fraction of sp³-hybridized carbons (Fsp3) is 0.688. The molecule has 12 heteroatoms. The highest BCUT2D eigenvalue weighted by Crippen LogP contribution is 2.28. The molecule has 0 aliphatic carbocycles. The van der Waals surface area contributed by atoms with Crippen LogP contribution >= 0.6 is 0 Å². The summed E-state index contributed by atoms with van der Waals surface area (Å²) in [5.74, 6) is -3.57. The second-order valence-electron chi connectivity index (χ2n) is 5.89. The number of hydrogen-bond donors (Lipinski definition) is 2. The molecule has 1 saturated heterocycles. The maximum atomic E-state index is 11.7. The summed E-state index contributed by atoms with van der Waals surface area (Å²) in [5, 5.41) is 2.38. The van der Waals surface area contributed by atoms with Crippen molar-refractivity contribution in [2.45, 2.75) is 58.3 Å². The first-order chi connectivity index (χ1) is 13.0. The molecule has 1 amide bonds. The van der Waals surface area contributed by atoms with E-state index in [9.17, 15) is 24.0 Å². The largest absolute Gasteiger partial charge is 0.463 e. The van der Waals surface area contributed by atoms with E-state index >= 15 is 0 Å². The monoisotopic (exact) mass is 404 g/mol. The van der Waals surface area contributed by atoms with E-state index in [0.717, 1.165) is 27.7 Å². The quantitative estimate of drug-likeness (QED) is 0.360. The van der Waals surface area contributed by atoms with Crippen LogP contribution in [0.4, 0.5) is 0 Å². The fourth-order valence-corrected chi connectivity index (χ4v) is 2.56. The second-order valence-corrected chi connectivity index (χ2v) is 5.89. The van der Waals surface area contributed by atoms with Crippen LogP contribution in [0, 0.1) is 0 Å². The molecule has 5 atom stereocenters. The van der Waals surface area contributed by atoms with Crippen molar-refractivity contribution in [3.8, 4) is 0 Å². The van der Waals surface area contributed by atoms with Gasteiger partial charge in [-0.25, -0.2) is 0 Å². The highest BCUT2D eigenvalue weighted by molar-refractivity contribution is 5.78. The Morgan fingerprint density at radius 2 is 1.32 bits per heavy atom. The van der Waals surface area contributed by atoms with E-state index in [0.29, 0.717) is 0 Å². The summed E-state index contributed by atoms with van der Waals surface area (Å²) in [6.45, 7) is 3.68.